The van der Waals surface area contributed by atoms with Gasteiger partial charge in [0.1, 0.15) is 0 Å². The maximum atomic E-state index is 8.36. The molecule has 51 heavy (non-hydrogen) atoms. The van der Waals surface area contributed by atoms with E-state index < -0.39 is 5.09 Å². The van der Waals surface area contributed by atoms with Crippen molar-refractivity contribution in [2.45, 2.75) is 152 Å². The summed E-state index contributed by atoms with van der Waals surface area (Å²) in [6, 6.07) is 0. The Morgan fingerprint density at radius 3 is 0.569 bits per heavy atom. The topological polar surface area (TPSA) is 349 Å². The molecule has 5 saturated heterocycles. The van der Waals surface area contributed by atoms with Gasteiger partial charge in [-0.2, -0.15) is 0 Å². The van der Waals surface area contributed by atoms with Crippen LogP contribution < -0.4 is 42.5 Å². The molecular weight excluding hydrogens is 679 g/mol. The minimum Gasteiger partial charge on any atom is -1.00 e. The first-order valence-corrected chi connectivity index (χ1v) is 18.4. The molecule has 19 heteroatoms. The van der Waals surface area contributed by atoms with E-state index in [0.717, 1.165) is 47.3 Å². The molecule has 4 aliphatic carbocycles. The Balaban J connectivity index is 0. The Kier molecular flexibility index (Phi) is 19.9. The Hall–Kier alpha value is -0.594. The largest absolute Gasteiger partial charge is 2.00 e. The maximum Gasteiger partial charge on any atom is 2.00 e. The second kappa shape index (κ2) is 20.9. The quantitative estimate of drug-likeness (QED) is 0.0689. The van der Waals surface area contributed by atoms with Crippen molar-refractivity contribution in [1.29, 1.82) is 0 Å². The van der Waals surface area contributed by atoms with E-state index in [0.29, 0.717) is 49.3 Å². The van der Waals surface area contributed by atoms with E-state index in [4.69, 9.17) is 15.3 Å². The molecule has 9 rings (SSSR count). The van der Waals surface area contributed by atoms with Crippen LogP contribution >= 0.6 is 0 Å². The summed E-state index contributed by atoms with van der Waals surface area (Å²) in [4.78, 5) is 8.36. The van der Waals surface area contributed by atoms with Crippen molar-refractivity contribution in [3.05, 3.63) is 10.1 Å². The van der Waals surface area contributed by atoms with Crippen molar-refractivity contribution in [2.75, 3.05) is 0 Å². The molecule has 5 heterocycles. The van der Waals surface area contributed by atoms with E-state index in [1.807, 2.05) is 0 Å². The van der Waals surface area contributed by atoms with Crippen LogP contribution in [0.25, 0.3) is 0 Å². The molecule has 8 unspecified atom stereocenters. The van der Waals surface area contributed by atoms with E-state index in [-0.39, 0.29) is 58.8 Å². The van der Waals surface area contributed by atoms with Gasteiger partial charge in [-0.15, -0.1) is 10.1 Å². The maximum absolute atomic E-state index is 8.36. The van der Waals surface area contributed by atoms with Gasteiger partial charge in [-0.05, 0) is 98.7 Å². The van der Waals surface area contributed by atoms with Crippen molar-refractivity contribution in [3.63, 3.8) is 0 Å². The van der Waals surface area contributed by atoms with Crippen LogP contribution in [0.5, 0.6) is 0 Å². The molecule has 0 radical (unpaired) electrons. The second-order valence-corrected chi connectivity index (χ2v) is 15.8. The number of nitrogens with zero attached hydrogens (tertiary/aromatic N) is 1. The predicted octanol–water partition coefficient (Wildman–Crippen LogP) is -2.85. The van der Waals surface area contributed by atoms with Gasteiger partial charge in [-0.3, -0.25) is 42.5 Å². The number of hydrogen-bond acceptors (Lipinski definition) is 10. The molecule has 8 bridgehead atoms. The third-order valence-corrected chi connectivity index (χ3v) is 13.8. The summed E-state index contributed by atoms with van der Waals surface area (Å²) in [6.07, 6.45) is 25.6. The zero-order valence-corrected chi connectivity index (χ0v) is 31.4. The molecule has 21 N–H and O–H groups in total. The summed E-state index contributed by atoms with van der Waals surface area (Å²) in [5.74, 6) is 5.97. The zero-order chi connectivity index (χ0) is 29.8. The third kappa shape index (κ3) is 9.62. The fraction of sp³-hybridized carbons (Fsp3) is 1.00. The normalized spacial score (nSPS) is 45.6. The average molecular weight is 750 g/mol. The smallest absolute Gasteiger partial charge is 1.00 e. The van der Waals surface area contributed by atoms with Crippen molar-refractivity contribution in [3.8, 4) is 0 Å². The molecule has 0 aromatic heterocycles. The molecule has 0 spiro atoms. The second-order valence-electron chi connectivity index (χ2n) is 15.8. The summed E-state index contributed by atoms with van der Waals surface area (Å²) < 4.78 is 0. The molecule has 0 aromatic rings. The van der Waals surface area contributed by atoms with Crippen LogP contribution in [0.15, 0.2) is 0 Å². The Morgan fingerprint density at radius 1 is 0.373 bits per heavy atom. The number of hydrogen-bond donors (Lipinski definition) is 9. The Bertz CT molecular complexity index is 849. The number of rotatable bonds is 0. The minimum atomic E-state index is -1.50. The van der Waals surface area contributed by atoms with Crippen LogP contribution in [0.3, 0.4) is 0 Å². The van der Waals surface area contributed by atoms with Gasteiger partial charge < -0.3 is 40.9 Å². The summed E-state index contributed by atoms with van der Waals surface area (Å²) in [6.45, 7) is 0. The molecule has 4 saturated carbocycles. The molecule has 5 aliphatic heterocycles. The van der Waals surface area contributed by atoms with Gasteiger partial charge >= 0.3 is 23.1 Å². The SMILES string of the molecule is C1CCC2C3NC(NC4NC(NC5NC(NC6NC(N3)C3CCCCC63)C3CCCCC53)C3CCCCC43)C2C1.O.O.O.O.O.O.O=[N+]([O-])O.[H-].[H-].[Mg+2]. The molecule has 0 aromatic carbocycles. The van der Waals surface area contributed by atoms with Crippen LogP contribution in [-0.4, -0.2) is 116 Å². The molecule has 300 valence electrons. The molecule has 8 atom stereocenters. The first kappa shape index (κ1) is 48.4. The Morgan fingerprint density at radius 2 is 0.471 bits per heavy atom. The van der Waals surface area contributed by atoms with Gasteiger partial charge in [0, 0.05) is 0 Å². The monoisotopic (exact) mass is 750 g/mol. The van der Waals surface area contributed by atoms with Gasteiger partial charge in [0.15, 0.2) is 0 Å². The first-order valence-electron chi connectivity index (χ1n) is 18.4. The van der Waals surface area contributed by atoms with Gasteiger partial charge in [0.05, 0.1) is 49.3 Å². The van der Waals surface area contributed by atoms with Gasteiger partial charge in [-0.1, -0.05) is 51.4 Å². The van der Waals surface area contributed by atoms with Crippen molar-refractivity contribution < 1.29 is 46.0 Å². The molecule has 0 amide bonds. The van der Waals surface area contributed by atoms with Crippen LogP contribution in [-0.2, 0) is 0 Å². The standard InChI is InChI=1S/C32H56N8.Mg.HNO3.6H2O.2H/c1-2-10-18-17(9-1)25-33-26(18)38-28-21-13-5-6-14-22(21)30(35-28)40-32-24-16-8-7-15-23(24)31(36-32)39-29-20-12-4-3-11-19(20)27(34-29)37-25;;2-1(3)4;;;;;;;;/h17-40H,1-16H2;;(H,2,3,4);6*1H2;;/q;+2;;;;;;;;2*-1. The van der Waals surface area contributed by atoms with Crippen LogP contribution in [0.2, 0.25) is 0 Å². The van der Waals surface area contributed by atoms with E-state index in [1.165, 1.54) is 103 Å². The minimum absolute atomic E-state index is 0. The predicted molar refractivity (Wildman–Crippen MR) is 196 cm³/mol. The first-order chi connectivity index (χ1) is 21.5. The fourth-order valence-electron chi connectivity index (χ4n) is 12.0. The van der Waals surface area contributed by atoms with Gasteiger partial charge in [0.2, 0.25) is 0 Å². The van der Waals surface area contributed by atoms with Crippen LogP contribution in [0, 0.1) is 57.5 Å². The summed E-state index contributed by atoms with van der Waals surface area (Å²) in [5, 5.41) is 47.4. The molecular formula is C32H71MgN9O9. The van der Waals surface area contributed by atoms with Gasteiger partial charge in [-0.25, -0.2) is 0 Å². The van der Waals surface area contributed by atoms with Crippen molar-refractivity contribution in [2.24, 2.45) is 47.3 Å². The van der Waals surface area contributed by atoms with Gasteiger partial charge in [0.25, 0.3) is 5.09 Å². The summed E-state index contributed by atoms with van der Waals surface area (Å²) in [5.41, 5.74) is 0. The zero-order valence-electron chi connectivity index (χ0n) is 32.0. The number of nitrogens with one attached hydrogen (secondary N) is 8. The van der Waals surface area contributed by atoms with E-state index in [1.54, 1.807) is 0 Å². The van der Waals surface area contributed by atoms with E-state index >= 15 is 0 Å². The molecule has 18 nitrogen and oxygen atoms in total. The molecule has 9 aliphatic rings. The summed E-state index contributed by atoms with van der Waals surface area (Å²) >= 11 is 0. The third-order valence-electron chi connectivity index (χ3n) is 13.8. The summed E-state index contributed by atoms with van der Waals surface area (Å²) in [7, 11) is 0. The average Bonchev–Trinajstić information content (AvgIpc) is 3.76. The van der Waals surface area contributed by atoms with Crippen molar-refractivity contribution >= 4 is 23.1 Å². The van der Waals surface area contributed by atoms with E-state index in [9.17, 15) is 0 Å². The van der Waals surface area contributed by atoms with Crippen LogP contribution in [0.4, 0.5) is 0 Å². The van der Waals surface area contributed by atoms with Crippen molar-refractivity contribution in [1.82, 2.24) is 42.5 Å². The van der Waals surface area contributed by atoms with E-state index in [2.05, 4.69) is 42.5 Å². The molecule has 9 fully saturated rings. The van der Waals surface area contributed by atoms with Crippen LogP contribution in [0.1, 0.15) is 106 Å². The Labute approximate surface area is 320 Å². The number of fused-ring (bicyclic) bond motifs is 20. The fourth-order valence-corrected chi connectivity index (χ4v) is 12.0.